The van der Waals surface area contributed by atoms with Gasteiger partial charge < -0.3 is 5.11 Å². The van der Waals surface area contributed by atoms with E-state index in [0.29, 0.717) is 5.75 Å². The predicted octanol–water partition coefficient (Wildman–Crippen LogP) is 5.16. The van der Waals surface area contributed by atoms with E-state index in [1.807, 2.05) is 19.1 Å². The van der Waals surface area contributed by atoms with Crippen LogP contribution in [0.1, 0.15) is 5.56 Å². The Morgan fingerprint density at radius 3 is 2.25 bits per heavy atom. The Kier molecular flexibility index (Phi) is 2.25. The van der Waals surface area contributed by atoms with Gasteiger partial charge in [0.25, 0.3) is 0 Å². The predicted molar refractivity (Wildman–Crippen MR) is 85.4 cm³/mol. The summed E-state index contributed by atoms with van der Waals surface area (Å²) in [4.78, 5) is 0. The second-order valence-corrected chi connectivity index (χ2v) is 5.31. The van der Waals surface area contributed by atoms with Crippen LogP contribution in [0, 0.1) is 6.92 Å². The molecule has 0 unspecified atom stereocenters. The molecule has 4 rings (SSSR count). The lowest BCUT2D eigenvalue weighted by atomic mass is 9.95. The van der Waals surface area contributed by atoms with E-state index < -0.39 is 0 Å². The number of rotatable bonds is 0. The van der Waals surface area contributed by atoms with Gasteiger partial charge in [-0.2, -0.15) is 0 Å². The van der Waals surface area contributed by atoms with Gasteiger partial charge in [-0.3, -0.25) is 0 Å². The Bertz CT molecular complexity index is 967. The molecule has 0 aliphatic heterocycles. The van der Waals surface area contributed by atoms with E-state index in [1.54, 1.807) is 0 Å². The van der Waals surface area contributed by atoms with Crippen molar-refractivity contribution in [2.75, 3.05) is 0 Å². The number of benzene rings is 4. The van der Waals surface area contributed by atoms with Crippen molar-refractivity contribution in [3.8, 4) is 5.75 Å². The van der Waals surface area contributed by atoms with E-state index in [4.69, 9.17) is 0 Å². The highest BCUT2D eigenvalue weighted by molar-refractivity contribution is 6.20. The van der Waals surface area contributed by atoms with Crippen molar-refractivity contribution < 1.29 is 5.11 Å². The first kappa shape index (κ1) is 11.3. The highest BCUT2D eigenvalue weighted by atomic mass is 16.3. The fourth-order valence-electron chi connectivity index (χ4n) is 2.98. The number of phenolic OH excluding ortho intramolecular Hbond substituents is 1. The van der Waals surface area contributed by atoms with Gasteiger partial charge >= 0.3 is 0 Å². The van der Waals surface area contributed by atoms with E-state index in [1.165, 1.54) is 26.9 Å². The number of hydrogen-bond donors (Lipinski definition) is 1. The molecule has 0 aliphatic rings. The van der Waals surface area contributed by atoms with Gasteiger partial charge in [-0.15, -0.1) is 0 Å². The molecule has 1 N–H and O–H groups in total. The van der Waals surface area contributed by atoms with Gasteiger partial charge in [0.05, 0.1) is 0 Å². The average molecular weight is 258 g/mol. The van der Waals surface area contributed by atoms with Crippen molar-refractivity contribution in [1.82, 2.24) is 0 Å². The molecule has 0 aromatic heterocycles. The van der Waals surface area contributed by atoms with E-state index in [-0.39, 0.29) is 0 Å². The first-order valence-corrected chi connectivity index (χ1v) is 6.78. The third-order valence-corrected chi connectivity index (χ3v) is 4.04. The lowest BCUT2D eigenvalue weighted by molar-refractivity contribution is 0.472. The van der Waals surface area contributed by atoms with Crippen LogP contribution in [-0.4, -0.2) is 5.11 Å². The summed E-state index contributed by atoms with van der Waals surface area (Å²) in [7, 11) is 0. The molecular weight excluding hydrogens is 244 g/mol. The number of hydrogen-bond acceptors (Lipinski definition) is 1. The van der Waals surface area contributed by atoms with Gasteiger partial charge in [0.15, 0.2) is 0 Å². The molecule has 0 spiro atoms. The quantitative estimate of drug-likeness (QED) is 0.432. The maximum atomic E-state index is 10.0. The van der Waals surface area contributed by atoms with Crippen LogP contribution in [0.4, 0.5) is 0 Å². The Morgan fingerprint density at radius 1 is 0.700 bits per heavy atom. The molecule has 0 radical (unpaired) electrons. The molecule has 0 amide bonds. The zero-order chi connectivity index (χ0) is 13.7. The molecule has 4 aromatic carbocycles. The van der Waals surface area contributed by atoms with Crippen molar-refractivity contribution >= 4 is 32.3 Å². The molecule has 1 nitrogen and oxygen atoms in total. The molecular formula is C19H14O. The van der Waals surface area contributed by atoms with Crippen LogP contribution < -0.4 is 0 Å². The van der Waals surface area contributed by atoms with Gasteiger partial charge in [-0.05, 0) is 56.9 Å². The van der Waals surface area contributed by atoms with Crippen LogP contribution in [-0.2, 0) is 0 Å². The second kappa shape index (κ2) is 3.97. The third kappa shape index (κ3) is 1.50. The average Bonchev–Trinajstić information content (AvgIpc) is 2.48. The monoisotopic (exact) mass is 258 g/mol. The standard InChI is InChI=1S/C19H14O/c1-12-10-15-9-8-14-7-6-13-4-2-3-5-16(13)19(14)17(15)11-18(12)20/h2-11,20H,1H3. The van der Waals surface area contributed by atoms with Gasteiger partial charge in [0, 0.05) is 0 Å². The topological polar surface area (TPSA) is 20.2 Å². The van der Waals surface area contributed by atoms with E-state index in [9.17, 15) is 5.11 Å². The van der Waals surface area contributed by atoms with Crippen molar-refractivity contribution in [3.05, 3.63) is 66.2 Å². The fourth-order valence-corrected chi connectivity index (χ4v) is 2.98. The van der Waals surface area contributed by atoms with E-state index >= 15 is 0 Å². The van der Waals surface area contributed by atoms with Gasteiger partial charge in [-0.25, -0.2) is 0 Å². The summed E-state index contributed by atoms with van der Waals surface area (Å²) in [6, 6.07) is 20.9. The molecule has 0 saturated heterocycles. The first-order chi connectivity index (χ1) is 9.74. The molecule has 0 atom stereocenters. The maximum absolute atomic E-state index is 10.0. The summed E-state index contributed by atoms with van der Waals surface area (Å²) < 4.78 is 0. The maximum Gasteiger partial charge on any atom is 0.119 e. The summed E-state index contributed by atoms with van der Waals surface area (Å²) in [6.45, 7) is 1.93. The molecule has 0 bridgehead atoms. The molecule has 4 aromatic rings. The van der Waals surface area contributed by atoms with Crippen molar-refractivity contribution in [2.24, 2.45) is 0 Å². The first-order valence-electron chi connectivity index (χ1n) is 6.78. The SMILES string of the molecule is Cc1cc2ccc3ccc4ccccc4c3c2cc1O. The Labute approximate surface area is 117 Å². The van der Waals surface area contributed by atoms with Crippen molar-refractivity contribution in [3.63, 3.8) is 0 Å². The zero-order valence-electron chi connectivity index (χ0n) is 11.2. The summed E-state index contributed by atoms with van der Waals surface area (Å²) in [6.07, 6.45) is 0. The molecule has 20 heavy (non-hydrogen) atoms. The fraction of sp³-hybridized carbons (Fsp3) is 0.0526. The van der Waals surface area contributed by atoms with Crippen LogP contribution in [0.5, 0.6) is 5.75 Å². The normalized spacial score (nSPS) is 11.4. The molecule has 0 fully saturated rings. The Morgan fingerprint density at radius 2 is 1.40 bits per heavy atom. The molecule has 96 valence electrons. The Hall–Kier alpha value is -2.54. The summed E-state index contributed by atoms with van der Waals surface area (Å²) in [5.74, 6) is 0.359. The smallest absolute Gasteiger partial charge is 0.119 e. The van der Waals surface area contributed by atoms with Crippen LogP contribution >= 0.6 is 0 Å². The third-order valence-electron chi connectivity index (χ3n) is 4.04. The van der Waals surface area contributed by atoms with Crippen LogP contribution in [0.3, 0.4) is 0 Å². The number of aromatic hydroxyl groups is 1. The molecule has 1 heteroatoms. The second-order valence-electron chi connectivity index (χ2n) is 5.31. The van der Waals surface area contributed by atoms with E-state index in [0.717, 1.165) is 10.9 Å². The summed E-state index contributed by atoms with van der Waals surface area (Å²) in [5.41, 5.74) is 0.914. The van der Waals surface area contributed by atoms with Gasteiger partial charge in [0.2, 0.25) is 0 Å². The van der Waals surface area contributed by atoms with Crippen molar-refractivity contribution in [1.29, 1.82) is 0 Å². The minimum atomic E-state index is 0.359. The number of fused-ring (bicyclic) bond motifs is 5. The highest BCUT2D eigenvalue weighted by Gasteiger charge is 2.07. The lowest BCUT2D eigenvalue weighted by Gasteiger charge is -2.09. The number of phenols is 1. The summed E-state index contributed by atoms with van der Waals surface area (Å²) in [5, 5.41) is 17.2. The zero-order valence-corrected chi connectivity index (χ0v) is 11.2. The van der Waals surface area contributed by atoms with Crippen LogP contribution in [0.15, 0.2) is 60.7 Å². The van der Waals surface area contributed by atoms with Crippen molar-refractivity contribution in [2.45, 2.75) is 6.92 Å². The lowest BCUT2D eigenvalue weighted by Crippen LogP contribution is -1.83. The minimum absolute atomic E-state index is 0.359. The van der Waals surface area contributed by atoms with Crippen LogP contribution in [0.2, 0.25) is 0 Å². The minimum Gasteiger partial charge on any atom is -0.508 e. The summed E-state index contributed by atoms with van der Waals surface area (Å²) >= 11 is 0. The van der Waals surface area contributed by atoms with Gasteiger partial charge in [0.1, 0.15) is 5.75 Å². The largest absolute Gasteiger partial charge is 0.508 e. The molecule has 0 saturated carbocycles. The van der Waals surface area contributed by atoms with Gasteiger partial charge in [-0.1, -0.05) is 48.5 Å². The van der Waals surface area contributed by atoms with E-state index in [2.05, 4.69) is 48.5 Å². The number of aryl methyl sites for hydroxylation is 1. The highest BCUT2D eigenvalue weighted by Crippen LogP contribution is 2.34. The molecule has 0 heterocycles. The molecule has 0 aliphatic carbocycles. The Balaban J connectivity index is 2.33. The van der Waals surface area contributed by atoms with Crippen LogP contribution in [0.25, 0.3) is 32.3 Å².